The lowest BCUT2D eigenvalue weighted by molar-refractivity contribution is 0.271. The van der Waals surface area contributed by atoms with Crippen molar-refractivity contribution in [2.45, 2.75) is 32.2 Å². The Bertz CT molecular complexity index is 835. The summed E-state index contributed by atoms with van der Waals surface area (Å²) in [5.41, 5.74) is 3.83. The molecule has 1 fully saturated rings. The Morgan fingerprint density at radius 2 is 1.88 bits per heavy atom. The van der Waals surface area contributed by atoms with Crippen LogP contribution in [0.2, 0.25) is 5.02 Å². The first-order valence-corrected chi connectivity index (χ1v) is 9.19. The summed E-state index contributed by atoms with van der Waals surface area (Å²) in [4.78, 5) is 2.61. The third-order valence-corrected chi connectivity index (χ3v) is 5.47. The first-order chi connectivity index (χ1) is 11.7. The predicted molar refractivity (Wildman–Crippen MR) is 102 cm³/mol. The molecule has 1 atom stereocenters. The highest BCUT2D eigenvalue weighted by molar-refractivity contribution is 6.30. The minimum absolute atomic E-state index is 0.721. The monoisotopic (exact) mass is 338 g/mol. The maximum Gasteiger partial charge on any atom is 0.0531 e. The molecule has 3 heteroatoms. The van der Waals surface area contributed by atoms with E-state index in [-0.39, 0.29) is 0 Å². The van der Waals surface area contributed by atoms with Crippen molar-refractivity contribution >= 4 is 22.5 Å². The van der Waals surface area contributed by atoms with Crippen LogP contribution in [0.3, 0.4) is 0 Å². The molecule has 1 aliphatic rings. The zero-order chi connectivity index (χ0) is 16.5. The first kappa shape index (κ1) is 15.7. The van der Waals surface area contributed by atoms with Gasteiger partial charge in [-0.1, -0.05) is 29.8 Å². The number of benzene rings is 2. The molecule has 0 saturated carbocycles. The van der Waals surface area contributed by atoms with Gasteiger partial charge < -0.3 is 9.47 Å². The Balaban J connectivity index is 1.71. The van der Waals surface area contributed by atoms with Crippen molar-refractivity contribution in [1.29, 1.82) is 0 Å². The van der Waals surface area contributed by atoms with E-state index in [1.54, 1.807) is 0 Å². The van der Waals surface area contributed by atoms with Gasteiger partial charge >= 0.3 is 0 Å². The van der Waals surface area contributed by atoms with Gasteiger partial charge in [-0.2, -0.15) is 0 Å². The number of halogens is 1. The molecule has 1 aliphatic heterocycles. The summed E-state index contributed by atoms with van der Waals surface area (Å²) >= 11 is 6.08. The van der Waals surface area contributed by atoms with Crippen molar-refractivity contribution < 1.29 is 0 Å². The van der Waals surface area contributed by atoms with E-state index in [2.05, 4.69) is 58.9 Å². The number of para-hydroxylation sites is 1. The minimum atomic E-state index is 0.721. The Labute approximate surface area is 148 Å². The van der Waals surface area contributed by atoms with E-state index in [0.717, 1.165) is 24.0 Å². The summed E-state index contributed by atoms with van der Waals surface area (Å²) in [6.45, 7) is 4.72. The fourth-order valence-corrected chi connectivity index (χ4v) is 4.00. The molecule has 3 aromatic rings. The number of hydrogen-bond donors (Lipinski definition) is 0. The zero-order valence-corrected chi connectivity index (χ0v) is 14.8. The molecule has 0 unspecified atom stereocenters. The predicted octanol–water partition coefficient (Wildman–Crippen LogP) is 5.31. The van der Waals surface area contributed by atoms with E-state index in [0.29, 0.717) is 0 Å². The lowest BCUT2D eigenvalue weighted by Gasteiger charge is -2.21. The molecule has 0 bridgehead atoms. The van der Waals surface area contributed by atoms with Crippen LogP contribution < -0.4 is 0 Å². The summed E-state index contributed by atoms with van der Waals surface area (Å²) in [5.74, 6) is 0. The van der Waals surface area contributed by atoms with Gasteiger partial charge in [0.1, 0.15) is 0 Å². The van der Waals surface area contributed by atoms with E-state index in [4.69, 9.17) is 11.6 Å². The maximum atomic E-state index is 6.08. The second kappa shape index (κ2) is 6.62. The Morgan fingerprint density at radius 1 is 1.08 bits per heavy atom. The van der Waals surface area contributed by atoms with Crippen LogP contribution in [0.4, 0.5) is 0 Å². The lowest BCUT2D eigenvalue weighted by Crippen LogP contribution is -2.29. The van der Waals surface area contributed by atoms with E-state index in [1.807, 2.05) is 12.1 Å². The van der Waals surface area contributed by atoms with Gasteiger partial charge in [0, 0.05) is 40.8 Å². The standard InChI is InChI=1S/C21H23ClN2/c1-16-5-4-13-23(16)14-12-20-15-17-6-2-3-7-21(17)24(20)19-10-8-18(22)9-11-19/h2-3,6-11,15-16H,4-5,12-14H2,1H3/t16-/m1/s1. The first-order valence-electron chi connectivity index (χ1n) is 8.82. The van der Waals surface area contributed by atoms with Crippen molar-refractivity contribution in [3.05, 3.63) is 65.3 Å². The molecule has 0 aliphatic carbocycles. The van der Waals surface area contributed by atoms with Gasteiger partial charge in [-0.3, -0.25) is 0 Å². The molecule has 1 saturated heterocycles. The van der Waals surface area contributed by atoms with Gasteiger partial charge in [0.05, 0.1) is 5.52 Å². The van der Waals surface area contributed by atoms with Crippen LogP contribution in [0.5, 0.6) is 0 Å². The van der Waals surface area contributed by atoms with E-state index < -0.39 is 0 Å². The second-order valence-corrected chi connectivity index (χ2v) is 7.22. The quantitative estimate of drug-likeness (QED) is 0.625. The van der Waals surface area contributed by atoms with Crippen LogP contribution in [-0.2, 0) is 6.42 Å². The van der Waals surface area contributed by atoms with Crippen LogP contribution >= 0.6 is 11.6 Å². The molecular weight excluding hydrogens is 316 g/mol. The minimum Gasteiger partial charge on any atom is -0.314 e. The average molecular weight is 339 g/mol. The number of hydrogen-bond acceptors (Lipinski definition) is 1. The van der Waals surface area contributed by atoms with E-state index >= 15 is 0 Å². The van der Waals surface area contributed by atoms with Gasteiger partial charge in [-0.05, 0) is 62.7 Å². The molecule has 4 rings (SSSR count). The van der Waals surface area contributed by atoms with Crippen molar-refractivity contribution in [1.82, 2.24) is 9.47 Å². The van der Waals surface area contributed by atoms with Crippen LogP contribution in [-0.4, -0.2) is 28.6 Å². The highest BCUT2D eigenvalue weighted by Gasteiger charge is 2.20. The SMILES string of the molecule is C[C@@H]1CCCN1CCc1cc2ccccc2n1-c1ccc(Cl)cc1. The fourth-order valence-electron chi connectivity index (χ4n) is 3.87. The van der Waals surface area contributed by atoms with Crippen LogP contribution in [0.15, 0.2) is 54.6 Å². The number of nitrogens with zero attached hydrogens (tertiary/aromatic N) is 2. The Morgan fingerprint density at radius 3 is 2.62 bits per heavy atom. The lowest BCUT2D eigenvalue weighted by atomic mass is 10.2. The molecule has 0 spiro atoms. The number of rotatable bonds is 4. The fraction of sp³-hybridized carbons (Fsp3) is 0.333. The Hall–Kier alpha value is -1.77. The molecule has 0 N–H and O–H groups in total. The zero-order valence-electron chi connectivity index (χ0n) is 14.1. The van der Waals surface area contributed by atoms with Crippen LogP contribution in [0, 0.1) is 0 Å². The van der Waals surface area contributed by atoms with Gasteiger partial charge in [0.2, 0.25) is 0 Å². The topological polar surface area (TPSA) is 8.17 Å². The van der Waals surface area contributed by atoms with Crippen LogP contribution in [0.1, 0.15) is 25.5 Å². The Kier molecular flexibility index (Phi) is 4.34. The largest absolute Gasteiger partial charge is 0.314 e. The van der Waals surface area contributed by atoms with E-state index in [1.165, 1.54) is 41.7 Å². The molecule has 2 nitrogen and oxygen atoms in total. The molecule has 124 valence electrons. The summed E-state index contributed by atoms with van der Waals surface area (Å²) in [7, 11) is 0. The van der Waals surface area contributed by atoms with Gasteiger partial charge in [0.25, 0.3) is 0 Å². The third-order valence-electron chi connectivity index (χ3n) is 5.22. The van der Waals surface area contributed by atoms with Crippen LogP contribution in [0.25, 0.3) is 16.6 Å². The normalized spacial score (nSPS) is 18.5. The number of aromatic nitrogens is 1. The van der Waals surface area contributed by atoms with E-state index in [9.17, 15) is 0 Å². The average Bonchev–Trinajstić information content (AvgIpc) is 3.17. The van der Waals surface area contributed by atoms with Crippen molar-refractivity contribution in [2.75, 3.05) is 13.1 Å². The maximum absolute atomic E-state index is 6.08. The number of fused-ring (bicyclic) bond motifs is 1. The van der Waals surface area contributed by atoms with Gasteiger partial charge in [-0.15, -0.1) is 0 Å². The molecule has 2 aromatic carbocycles. The molecule has 1 aromatic heterocycles. The summed E-state index contributed by atoms with van der Waals surface area (Å²) in [5, 5.41) is 2.08. The molecule has 0 radical (unpaired) electrons. The summed E-state index contributed by atoms with van der Waals surface area (Å²) in [6.07, 6.45) is 3.74. The molecule has 0 amide bonds. The van der Waals surface area contributed by atoms with Gasteiger partial charge in [0.15, 0.2) is 0 Å². The number of likely N-dealkylation sites (tertiary alicyclic amines) is 1. The highest BCUT2D eigenvalue weighted by Crippen LogP contribution is 2.26. The van der Waals surface area contributed by atoms with Crippen molar-refractivity contribution in [2.24, 2.45) is 0 Å². The summed E-state index contributed by atoms with van der Waals surface area (Å²) < 4.78 is 2.38. The van der Waals surface area contributed by atoms with Crippen molar-refractivity contribution in [3.8, 4) is 5.69 Å². The molecule has 24 heavy (non-hydrogen) atoms. The third kappa shape index (κ3) is 2.97. The van der Waals surface area contributed by atoms with Gasteiger partial charge in [-0.25, -0.2) is 0 Å². The summed E-state index contributed by atoms with van der Waals surface area (Å²) in [6, 6.07) is 19.8. The highest BCUT2D eigenvalue weighted by atomic mass is 35.5. The molecule has 2 heterocycles. The second-order valence-electron chi connectivity index (χ2n) is 6.78. The molecular formula is C21H23ClN2. The smallest absolute Gasteiger partial charge is 0.0531 e. The van der Waals surface area contributed by atoms with Crippen molar-refractivity contribution in [3.63, 3.8) is 0 Å².